The second-order valence-electron chi connectivity index (χ2n) is 4.63. The molecule has 0 amide bonds. The molecule has 1 N–H and O–H groups in total. The van der Waals surface area contributed by atoms with E-state index in [1.54, 1.807) is 6.92 Å². The molecule has 1 aromatic carbocycles. The van der Waals surface area contributed by atoms with Crippen LogP contribution in [0.4, 0.5) is 0 Å². The van der Waals surface area contributed by atoms with Crippen LogP contribution in [0.2, 0.25) is 0 Å². The first-order valence-electron chi connectivity index (χ1n) is 6.42. The number of carbonyl (C=O) groups is 1. The quantitative estimate of drug-likeness (QED) is 0.866. The SMILES string of the molecule is CCOC(=O)c1n[nH]nc1-c1ccc(Br)cc1C(C)C. The highest BCUT2D eigenvalue weighted by Gasteiger charge is 2.21. The van der Waals surface area contributed by atoms with Crippen molar-refractivity contribution in [2.45, 2.75) is 26.7 Å². The molecule has 0 aliphatic heterocycles. The molecule has 6 heteroatoms. The Morgan fingerprint density at radius 1 is 1.40 bits per heavy atom. The fourth-order valence-electron chi connectivity index (χ4n) is 1.99. The number of hydrogen-bond donors (Lipinski definition) is 1. The Labute approximate surface area is 125 Å². The fourth-order valence-corrected chi connectivity index (χ4v) is 2.37. The molecule has 0 spiro atoms. The smallest absolute Gasteiger partial charge is 0.361 e. The molecule has 0 saturated heterocycles. The number of nitrogens with one attached hydrogen (secondary N) is 1. The highest BCUT2D eigenvalue weighted by Crippen LogP contribution is 2.31. The first-order valence-corrected chi connectivity index (χ1v) is 7.21. The topological polar surface area (TPSA) is 67.9 Å². The van der Waals surface area contributed by atoms with Gasteiger partial charge in [0.25, 0.3) is 0 Å². The summed E-state index contributed by atoms with van der Waals surface area (Å²) in [5.74, 6) is -0.164. The van der Waals surface area contributed by atoms with Crippen LogP contribution in [0.5, 0.6) is 0 Å². The number of halogens is 1. The van der Waals surface area contributed by atoms with Gasteiger partial charge in [-0.1, -0.05) is 35.8 Å². The minimum atomic E-state index is -0.464. The number of esters is 1. The van der Waals surface area contributed by atoms with Crippen LogP contribution in [0.3, 0.4) is 0 Å². The Hall–Kier alpha value is -1.69. The lowest BCUT2D eigenvalue weighted by Gasteiger charge is -2.12. The van der Waals surface area contributed by atoms with Gasteiger partial charge in [-0.3, -0.25) is 0 Å². The van der Waals surface area contributed by atoms with E-state index < -0.39 is 5.97 Å². The van der Waals surface area contributed by atoms with Gasteiger partial charge >= 0.3 is 5.97 Å². The number of rotatable bonds is 4. The van der Waals surface area contributed by atoms with Crippen LogP contribution in [-0.4, -0.2) is 28.0 Å². The Bertz CT molecular complexity index is 623. The van der Waals surface area contributed by atoms with E-state index in [4.69, 9.17) is 4.74 Å². The summed E-state index contributed by atoms with van der Waals surface area (Å²) in [7, 11) is 0. The van der Waals surface area contributed by atoms with Crippen molar-refractivity contribution in [3.8, 4) is 11.3 Å². The summed E-state index contributed by atoms with van der Waals surface area (Å²) in [6.45, 7) is 6.25. The van der Waals surface area contributed by atoms with Gasteiger partial charge in [-0.2, -0.15) is 10.3 Å². The van der Waals surface area contributed by atoms with Crippen molar-refractivity contribution >= 4 is 21.9 Å². The third kappa shape index (κ3) is 2.90. The van der Waals surface area contributed by atoms with Crippen molar-refractivity contribution in [2.24, 2.45) is 0 Å². The van der Waals surface area contributed by atoms with Gasteiger partial charge in [0.2, 0.25) is 0 Å². The summed E-state index contributed by atoms with van der Waals surface area (Å²) in [4.78, 5) is 11.9. The molecule has 0 saturated carbocycles. The third-order valence-corrected chi connectivity index (χ3v) is 3.40. The molecule has 2 rings (SSSR count). The van der Waals surface area contributed by atoms with Crippen molar-refractivity contribution in [3.05, 3.63) is 33.9 Å². The molecule has 0 unspecified atom stereocenters. The van der Waals surface area contributed by atoms with Gasteiger partial charge in [-0.15, -0.1) is 5.10 Å². The number of nitrogens with zero attached hydrogens (tertiary/aromatic N) is 2. The number of carbonyl (C=O) groups excluding carboxylic acids is 1. The number of H-pyrrole nitrogens is 1. The molecular formula is C14H16BrN3O2. The molecular weight excluding hydrogens is 322 g/mol. The van der Waals surface area contributed by atoms with Crippen molar-refractivity contribution in [2.75, 3.05) is 6.61 Å². The lowest BCUT2D eigenvalue weighted by Crippen LogP contribution is -2.07. The second kappa shape index (κ2) is 6.17. The minimum absolute atomic E-state index is 0.219. The minimum Gasteiger partial charge on any atom is -0.461 e. The molecule has 106 valence electrons. The average molecular weight is 338 g/mol. The number of aromatic nitrogens is 3. The van der Waals surface area contributed by atoms with E-state index >= 15 is 0 Å². The molecule has 2 aromatic rings. The van der Waals surface area contributed by atoms with E-state index in [-0.39, 0.29) is 5.69 Å². The first-order chi connectivity index (χ1) is 9.54. The Morgan fingerprint density at radius 2 is 2.15 bits per heavy atom. The summed E-state index contributed by atoms with van der Waals surface area (Å²) in [6.07, 6.45) is 0. The van der Waals surface area contributed by atoms with Crippen LogP contribution in [0.15, 0.2) is 22.7 Å². The highest BCUT2D eigenvalue weighted by molar-refractivity contribution is 9.10. The van der Waals surface area contributed by atoms with Crippen LogP contribution in [0, 0.1) is 0 Å². The van der Waals surface area contributed by atoms with Gasteiger partial charge in [-0.25, -0.2) is 4.79 Å². The summed E-state index contributed by atoms with van der Waals surface area (Å²) in [5, 5.41) is 10.5. The Kier molecular flexibility index (Phi) is 4.54. The first kappa shape index (κ1) is 14.7. The lowest BCUT2D eigenvalue weighted by atomic mass is 9.94. The van der Waals surface area contributed by atoms with Crippen LogP contribution in [-0.2, 0) is 4.74 Å². The summed E-state index contributed by atoms with van der Waals surface area (Å²) in [6, 6.07) is 5.88. The number of hydrogen-bond acceptors (Lipinski definition) is 4. The Morgan fingerprint density at radius 3 is 2.80 bits per heavy atom. The van der Waals surface area contributed by atoms with E-state index in [0.717, 1.165) is 15.6 Å². The van der Waals surface area contributed by atoms with E-state index in [2.05, 4.69) is 45.2 Å². The Balaban J connectivity index is 2.53. The third-order valence-electron chi connectivity index (χ3n) is 2.91. The molecule has 0 atom stereocenters. The number of aromatic amines is 1. The van der Waals surface area contributed by atoms with Gasteiger partial charge in [-0.05, 0) is 30.5 Å². The standard InChI is InChI=1S/C14H16BrN3O2/c1-4-20-14(19)13-12(16-18-17-13)10-6-5-9(15)7-11(10)8(2)3/h5-8H,4H2,1-3H3,(H,16,17,18). The van der Waals surface area contributed by atoms with E-state index in [1.807, 2.05) is 18.2 Å². The average Bonchev–Trinajstić information content (AvgIpc) is 2.88. The van der Waals surface area contributed by atoms with Crippen LogP contribution >= 0.6 is 15.9 Å². The van der Waals surface area contributed by atoms with Crippen LogP contribution in [0.25, 0.3) is 11.3 Å². The zero-order valence-electron chi connectivity index (χ0n) is 11.6. The molecule has 0 aliphatic rings. The summed E-state index contributed by atoms with van der Waals surface area (Å²) < 4.78 is 5.99. The molecule has 0 fully saturated rings. The van der Waals surface area contributed by atoms with E-state index in [9.17, 15) is 4.79 Å². The fraction of sp³-hybridized carbons (Fsp3) is 0.357. The molecule has 1 heterocycles. The molecule has 0 aliphatic carbocycles. The van der Waals surface area contributed by atoms with Gasteiger partial charge in [0, 0.05) is 10.0 Å². The maximum absolute atomic E-state index is 11.9. The van der Waals surface area contributed by atoms with E-state index in [0.29, 0.717) is 18.2 Å². The van der Waals surface area contributed by atoms with Crippen molar-refractivity contribution in [1.29, 1.82) is 0 Å². The van der Waals surface area contributed by atoms with Crippen molar-refractivity contribution in [3.63, 3.8) is 0 Å². The van der Waals surface area contributed by atoms with Gasteiger partial charge in [0.1, 0.15) is 5.69 Å². The lowest BCUT2D eigenvalue weighted by molar-refractivity contribution is 0.0520. The molecule has 5 nitrogen and oxygen atoms in total. The van der Waals surface area contributed by atoms with Gasteiger partial charge < -0.3 is 4.74 Å². The second-order valence-corrected chi connectivity index (χ2v) is 5.54. The number of ether oxygens (including phenoxy) is 1. The van der Waals surface area contributed by atoms with E-state index in [1.165, 1.54) is 0 Å². The number of benzene rings is 1. The predicted molar refractivity (Wildman–Crippen MR) is 79.6 cm³/mol. The zero-order chi connectivity index (χ0) is 14.7. The van der Waals surface area contributed by atoms with Gasteiger partial charge in [0.05, 0.1) is 6.61 Å². The van der Waals surface area contributed by atoms with Crippen LogP contribution in [0.1, 0.15) is 42.7 Å². The molecule has 20 heavy (non-hydrogen) atoms. The highest BCUT2D eigenvalue weighted by atomic mass is 79.9. The largest absolute Gasteiger partial charge is 0.461 e. The monoisotopic (exact) mass is 337 g/mol. The van der Waals surface area contributed by atoms with Gasteiger partial charge in [0.15, 0.2) is 5.69 Å². The normalized spacial score (nSPS) is 10.8. The van der Waals surface area contributed by atoms with Crippen molar-refractivity contribution in [1.82, 2.24) is 15.4 Å². The predicted octanol–water partition coefficient (Wildman–Crippen LogP) is 3.53. The van der Waals surface area contributed by atoms with Crippen molar-refractivity contribution < 1.29 is 9.53 Å². The molecule has 1 aromatic heterocycles. The van der Waals surface area contributed by atoms with Crippen LogP contribution < -0.4 is 0 Å². The summed E-state index contributed by atoms with van der Waals surface area (Å²) >= 11 is 3.46. The maximum atomic E-state index is 11.9. The molecule has 0 bridgehead atoms. The summed E-state index contributed by atoms with van der Waals surface area (Å²) in [5.41, 5.74) is 2.73. The maximum Gasteiger partial charge on any atom is 0.361 e. The molecule has 0 radical (unpaired) electrons. The zero-order valence-corrected chi connectivity index (χ0v) is 13.2.